The van der Waals surface area contributed by atoms with Crippen LogP contribution in [0.4, 0.5) is 13.2 Å². The maximum atomic E-state index is 15.2. The number of benzene rings is 4. The summed E-state index contributed by atoms with van der Waals surface area (Å²) in [6, 6.07) is 17.5. The minimum Gasteiger partial charge on any atom is -0.460 e. The van der Waals surface area contributed by atoms with Crippen LogP contribution in [0.1, 0.15) is 47.9 Å². The molecule has 1 N–H and O–H groups in total. The lowest BCUT2D eigenvalue weighted by atomic mass is 9.91. The van der Waals surface area contributed by atoms with E-state index in [-0.39, 0.29) is 35.0 Å². The van der Waals surface area contributed by atoms with E-state index in [1.807, 2.05) is 56.3 Å². The van der Waals surface area contributed by atoms with Gasteiger partial charge in [-0.05, 0) is 117 Å². The van der Waals surface area contributed by atoms with Crippen molar-refractivity contribution < 1.29 is 36.3 Å². The van der Waals surface area contributed by atoms with Gasteiger partial charge in [0.15, 0.2) is 17.0 Å². The number of alkyl halides is 2. The number of fused-ring (bicyclic) bond motifs is 2. The van der Waals surface area contributed by atoms with Crippen molar-refractivity contribution >= 4 is 28.2 Å². The number of nitrogens with zero attached hydrogens (tertiary/aromatic N) is 3. The van der Waals surface area contributed by atoms with E-state index in [0.29, 0.717) is 35.5 Å². The first-order chi connectivity index (χ1) is 25.2. The molecule has 12 heteroatoms. The van der Waals surface area contributed by atoms with Crippen LogP contribution in [0.5, 0.6) is 5.75 Å². The molecule has 0 amide bonds. The van der Waals surface area contributed by atoms with Crippen LogP contribution in [0.3, 0.4) is 0 Å². The van der Waals surface area contributed by atoms with Crippen LogP contribution in [-0.4, -0.2) is 53.1 Å². The molecular formula is C40H37F3N4O5. The van der Waals surface area contributed by atoms with Crippen LogP contribution in [0.25, 0.3) is 56.2 Å². The van der Waals surface area contributed by atoms with E-state index in [1.165, 1.54) is 12.1 Å². The Hall–Kier alpha value is -5.20. The van der Waals surface area contributed by atoms with Crippen molar-refractivity contribution in [1.29, 1.82) is 0 Å². The fourth-order valence-corrected chi connectivity index (χ4v) is 7.34. The molecule has 0 radical (unpaired) electrons. The van der Waals surface area contributed by atoms with Crippen molar-refractivity contribution in [2.24, 2.45) is 0 Å². The fourth-order valence-electron chi connectivity index (χ4n) is 7.34. The van der Waals surface area contributed by atoms with Crippen molar-refractivity contribution in [2.45, 2.75) is 65.3 Å². The zero-order chi connectivity index (χ0) is 35.9. The molecule has 1 atom stereocenters. The first-order valence-corrected chi connectivity index (χ1v) is 17.5. The standard InChI is InChI=1S/C40H37F3N4O5/c1-22-26(27-9-6-11-29(23(27)2)38-46-33-17-24(16-30(41)36(33)52-38)20-47-14-3-4-15-47)8-5-10-28(22)37-45-32-18-25(21-49-39(48)31-12-7-13-44-31)34(51-40(42)43)19-35(32)50-37/h5-6,8-11,16-19,31,40,44H,3-4,7,12-15,20-21H2,1-2H3/t31-/m0/s1. The first-order valence-electron chi connectivity index (χ1n) is 17.5. The Balaban J connectivity index is 1.10. The number of aromatic nitrogens is 2. The Labute approximate surface area is 297 Å². The molecule has 2 aliphatic rings. The number of halogens is 3. The number of likely N-dealkylation sites (tertiary alicyclic amines) is 1. The smallest absolute Gasteiger partial charge is 0.387 e. The van der Waals surface area contributed by atoms with Gasteiger partial charge in [-0.3, -0.25) is 9.69 Å². The van der Waals surface area contributed by atoms with Gasteiger partial charge in [0, 0.05) is 29.3 Å². The average Bonchev–Trinajstić information content (AvgIpc) is 3.95. The molecule has 0 bridgehead atoms. The van der Waals surface area contributed by atoms with Gasteiger partial charge in [-0.25, -0.2) is 14.4 Å². The third-order valence-corrected chi connectivity index (χ3v) is 10.0. The predicted molar refractivity (Wildman–Crippen MR) is 189 cm³/mol. The van der Waals surface area contributed by atoms with Gasteiger partial charge in [0.05, 0.1) is 0 Å². The second kappa shape index (κ2) is 14.1. The number of esters is 1. The molecule has 0 spiro atoms. The molecule has 2 fully saturated rings. The van der Waals surface area contributed by atoms with Crippen LogP contribution < -0.4 is 10.1 Å². The number of ether oxygens (including phenoxy) is 2. The van der Waals surface area contributed by atoms with Crippen molar-refractivity contribution in [1.82, 2.24) is 20.2 Å². The van der Waals surface area contributed by atoms with E-state index in [9.17, 15) is 13.6 Å². The SMILES string of the molecule is Cc1c(-c2nc3cc(COC(=O)[C@@H]4CCCN4)c(OC(F)F)cc3o2)cccc1-c1cccc(-c2nc3cc(CN4CCCC4)cc(F)c3o2)c1C. The Morgan fingerprint density at radius 3 is 2.25 bits per heavy atom. The molecule has 4 aromatic carbocycles. The Morgan fingerprint density at radius 1 is 0.904 bits per heavy atom. The van der Waals surface area contributed by atoms with E-state index in [2.05, 4.69) is 10.2 Å². The molecule has 9 nitrogen and oxygen atoms in total. The minimum absolute atomic E-state index is 0.133. The maximum absolute atomic E-state index is 15.2. The molecule has 268 valence electrons. The minimum atomic E-state index is -3.09. The number of carbonyl (C=O) groups is 1. The van der Waals surface area contributed by atoms with Crippen molar-refractivity contribution in [3.05, 3.63) is 88.7 Å². The molecule has 0 unspecified atom stereocenters. The molecule has 8 rings (SSSR count). The number of hydrogen-bond acceptors (Lipinski definition) is 9. The lowest BCUT2D eigenvalue weighted by molar-refractivity contribution is -0.147. The highest BCUT2D eigenvalue weighted by molar-refractivity contribution is 5.85. The molecule has 6 aromatic rings. The van der Waals surface area contributed by atoms with Gasteiger partial charge in [0.1, 0.15) is 29.4 Å². The highest BCUT2D eigenvalue weighted by atomic mass is 19.3. The Kier molecular flexibility index (Phi) is 9.18. The van der Waals surface area contributed by atoms with Crippen LogP contribution in [0.2, 0.25) is 0 Å². The van der Waals surface area contributed by atoms with E-state index in [1.54, 1.807) is 6.07 Å². The first kappa shape index (κ1) is 33.9. The quantitative estimate of drug-likeness (QED) is 0.140. The van der Waals surface area contributed by atoms with E-state index < -0.39 is 24.4 Å². The molecule has 4 heterocycles. The van der Waals surface area contributed by atoms with Gasteiger partial charge in [0.2, 0.25) is 11.8 Å². The summed E-state index contributed by atoms with van der Waals surface area (Å²) in [5.74, 6) is -0.406. The summed E-state index contributed by atoms with van der Waals surface area (Å²) < 4.78 is 64.4. The monoisotopic (exact) mass is 710 g/mol. The summed E-state index contributed by atoms with van der Waals surface area (Å²) in [5, 5.41) is 3.07. The van der Waals surface area contributed by atoms with Crippen LogP contribution >= 0.6 is 0 Å². The molecule has 2 aliphatic heterocycles. The summed E-state index contributed by atoms with van der Waals surface area (Å²) in [5.41, 5.74) is 7.40. The van der Waals surface area contributed by atoms with Gasteiger partial charge in [-0.15, -0.1) is 0 Å². The van der Waals surface area contributed by atoms with E-state index in [0.717, 1.165) is 72.3 Å². The molecule has 2 saturated heterocycles. The van der Waals surface area contributed by atoms with Gasteiger partial charge in [-0.1, -0.05) is 24.3 Å². The van der Waals surface area contributed by atoms with Gasteiger partial charge < -0.3 is 23.6 Å². The van der Waals surface area contributed by atoms with Crippen LogP contribution in [0, 0.1) is 19.7 Å². The Morgan fingerprint density at radius 2 is 1.58 bits per heavy atom. The summed E-state index contributed by atoms with van der Waals surface area (Å²) in [7, 11) is 0. The molecule has 2 aromatic heterocycles. The predicted octanol–water partition coefficient (Wildman–Crippen LogP) is 8.72. The second-order valence-electron chi connectivity index (χ2n) is 13.5. The Bertz CT molecular complexity index is 2290. The fraction of sp³-hybridized carbons (Fsp3) is 0.325. The summed E-state index contributed by atoms with van der Waals surface area (Å²) in [6.45, 7) is 4.01. The molecule has 0 aliphatic carbocycles. The number of hydrogen-bond donors (Lipinski definition) is 1. The lowest BCUT2D eigenvalue weighted by Crippen LogP contribution is -2.32. The molecule has 0 saturated carbocycles. The van der Waals surface area contributed by atoms with Crippen LogP contribution in [0.15, 0.2) is 69.5 Å². The topological polar surface area (TPSA) is 103 Å². The van der Waals surface area contributed by atoms with Gasteiger partial charge >= 0.3 is 12.6 Å². The van der Waals surface area contributed by atoms with Crippen molar-refractivity contribution in [3.8, 4) is 39.8 Å². The van der Waals surface area contributed by atoms with E-state index >= 15 is 4.39 Å². The zero-order valence-corrected chi connectivity index (χ0v) is 28.8. The van der Waals surface area contributed by atoms with Crippen LogP contribution in [-0.2, 0) is 22.7 Å². The summed E-state index contributed by atoms with van der Waals surface area (Å²) in [6.07, 6.45) is 3.83. The summed E-state index contributed by atoms with van der Waals surface area (Å²) in [4.78, 5) is 24.2. The number of nitrogens with one attached hydrogen (secondary N) is 1. The largest absolute Gasteiger partial charge is 0.460 e. The van der Waals surface area contributed by atoms with E-state index in [4.69, 9.17) is 28.3 Å². The third kappa shape index (κ3) is 6.64. The highest BCUT2D eigenvalue weighted by Gasteiger charge is 2.25. The maximum Gasteiger partial charge on any atom is 0.387 e. The number of rotatable bonds is 10. The number of oxazole rings is 2. The van der Waals surface area contributed by atoms with Crippen molar-refractivity contribution in [2.75, 3.05) is 19.6 Å². The second-order valence-corrected chi connectivity index (χ2v) is 13.5. The highest BCUT2D eigenvalue weighted by Crippen LogP contribution is 2.39. The van der Waals surface area contributed by atoms with Crippen molar-refractivity contribution in [3.63, 3.8) is 0 Å². The van der Waals surface area contributed by atoms with Gasteiger partial charge in [0.25, 0.3) is 0 Å². The third-order valence-electron chi connectivity index (χ3n) is 10.0. The lowest BCUT2D eigenvalue weighted by Gasteiger charge is -2.14. The molecular weight excluding hydrogens is 673 g/mol. The normalized spacial score (nSPS) is 16.5. The molecule has 52 heavy (non-hydrogen) atoms. The zero-order valence-electron chi connectivity index (χ0n) is 28.8. The number of carbonyl (C=O) groups excluding carboxylic acids is 1. The average molecular weight is 711 g/mol. The summed E-state index contributed by atoms with van der Waals surface area (Å²) >= 11 is 0. The van der Waals surface area contributed by atoms with Gasteiger partial charge in [-0.2, -0.15) is 8.78 Å².